The number of anilines is 1. The Labute approximate surface area is 168 Å². The molecule has 0 aliphatic carbocycles. The van der Waals surface area contributed by atoms with Gasteiger partial charge in [0.15, 0.2) is 0 Å². The number of piperazine rings is 1. The van der Waals surface area contributed by atoms with Gasteiger partial charge in [-0.1, -0.05) is 30.3 Å². The van der Waals surface area contributed by atoms with Crippen LogP contribution < -0.4 is 4.90 Å². The van der Waals surface area contributed by atoms with Crippen molar-refractivity contribution in [2.24, 2.45) is 5.92 Å². The summed E-state index contributed by atoms with van der Waals surface area (Å²) >= 11 is 0. The molecule has 2 saturated heterocycles. The van der Waals surface area contributed by atoms with Gasteiger partial charge in [-0.25, -0.2) is 4.98 Å². The van der Waals surface area contributed by atoms with Crippen molar-refractivity contribution in [1.82, 2.24) is 14.8 Å². The fourth-order valence-electron chi connectivity index (χ4n) is 4.21. The third-order valence-corrected chi connectivity index (χ3v) is 6.10. The number of carbonyl (C=O) groups is 1. The molecule has 3 heterocycles. The fourth-order valence-corrected chi connectivity index (χ4v) is 4.21. The van der Waals surface area contributed by atoms with Crippen molar-refractivity contribution in [3.8, 4) is 0 Å². The highest BCUT2D eigenvalue weighted by Crippen LogP contribution is 2.25. The first-order chi connectivity index (χ1) is 13.7. The lowest BCUT2D eigenvalue weighted by Crippen LogP contribution is -2.47. The van der Waals surface area contributed by atoms with Crippen molar-refractivity contribution in [1.29, 1.82) is 0 Å². The second kappa shape index (κ2) is 8.74. The number of rotatable bonds is 4. The number of amides is 1. The Balaban J connectivity index is 1.30. The van der Waals surface area contributed by atoms with Crippen LogP contribution in [0, 0.1) is 5.92 Å². The van der Waals surface area contributed by atoms with Crippen LogP contribution in [0.15, 0.2) is 48.7 Å². The molecule has 2 fully saturated rings. The Morgan fingerprint density at radius 2 is 1.68 bits per heavy atom. The summed E-state index contributed by atoms with van der Waals surface area (Å²) in [5.41, 5.74) is 3.13. The van der Waals surface area contributed by atoms with Gasteiger partial charge in [0.05, 0.1) is 11.9 Å². The fraction of sp³-hybridized carbons (Fsp3) is 0.478. The summed E-state index contributed by atoms with van der Waals surface area (Å²) in [7, 11) is 2.10. The van der Waals surface area contributed by atoms with Crippen molar-refractivity contribution < 1.29 is 4.79 Å². The van der Waals surface area contributed by atoms with E-state index in [-0.39, 0.29) is 5.91 Å². The van der Waals surface area contributed by atoms with Gasteiger partial charge in [-0.05, 0) is 49.9 Å². The standard InChI is InChI=1S/C23H30N4O/c1-25-13-15-27(16-14-25)23(28)22-8-7-21(18-24-22)26-11-9-20(10-12-26)17-19-5-3-2-4-6-19/h2-8,18,20H,9-17H2,1H3. The second-order valence-corrected chi connectivity index (χ2v) is 8.12. The first-order valence-corrected chi connectivity index (χ1v) is 10.4. The van der Waals surface area contributed by atoms with E-state index in [1.165, 1.54) is 24.8 Å². The van der Waals surface area contributed by atoms with Crippen LogP contribution in [0.5, 0.6) is 0 Å². The number of likely N-dealkylation sites (N-methyl/N-ethyl adjacent to an activating group) is 1. The summed E-state index contributed by atoms with van der Waals surface area (Å²) in [6.07, 6.45) is 5.46. The van der Waals surface area contributed by atoms with Gasteiger partial charge in [-0.15, -0.1) is 0 Å². The molecular formula is C23H30N4O. The molecule has 4 rings (SSSR count). The lowest BCUT2D eigenvalue weighted by Gasteiger charge is -2.34. The monoisotopic (exact) mass is 378 g/mol. The Kier molecular flexibility index (Phi) is 5.91. The van der Waals surface area contributed by atoms with Crippen LogP contribution in [0.3, 0.4) is 0 Å². The third kappa shape index (κ3) is 4.53. The summed E-state index contributed by atoms with van der Waals surface area (Å²) < 4.78 is 0. The SMILES string of the molecule is CN1CCN(C(=O)c2ccc(N3CCC(Cc4ccccc4)CC3)cn2)CC1. The summed E-state index contributed by atoms with van der Waals surface area (Å²) in [4.78, 5) is 23.7. The van der Waals surface area contributed by atoms with E-state index >= 15 is 0 Å². The largest absolute Gasteiger partial charge is 0.370 e. The third-order valence-electron chi connectivity index (χ3n) is 6.10. The van der Waals surface area contributed by atoms with Crippen LogP contribution in [0.2, 0.25) is 0 Å². The van der Waals surface area contributed by atoms with Crippen LogP contribution in [0.1, 0.15) is 28.9 Å². The molecule has 5 heteroatoms. The molecule has 0 radical (unpaired) electrons. The number of nitrogens with zero attached hydrogens (tertiary/aromatic N) is 4. The van der Waals surface area contributed by atoms with E-state index in [0.29, 0.717) is 5.69 Å². The van der Waals surface area contributed by atoms with Crippen molar-refractivity contribution >= 4 is 11.6 Å². The highest BCUT2D eigenvalue weighted by molar-refractivity contribution is 5.92. The van der Waals surface area contributed by atoms with Crippen LogP contribution in [0.4, 0.5) is 5.69 Å². The van der Waals surface area contributed by atoms with E-state index in [9.17, 15) is 4.79 Å². The average Bonchev–Trinajstić information content (AvgIpc) is 2.75. The lowest BCUT2D eigenvalue weighted by atomic mass is 9.90. The number of hydrogen-bond acceptors (Lipinski definition) is 4. The molecule has 2 aromatic rings. The highest BCUT2D eigenvalue weighted by Gasteiger charge is 2.23. The van der Waals surface area contributed by atoms with Gasteiger partial charge in [0.1, 0.15) is 5.69 Å². The predicted octanol–water partition coefficient (Wildman–Crippen LogP) is 2.93. The van der Waals surface area contributed by atoms with Gasteiger partial charge in [-0.3, -0.25) is 4.79 Å². The average molecular weight is 379 g/mol. The minimum atomic E-state index is 0.0567. The van der Waals surface area contributed by atoms with Crippen molar-refractivity contribution in [3.05, 3.63) is 59.9 Å². The molecule has 1 aromatic carbocycles. The van der Waals surface area contributed by atoms with Gasteiger partial charge in [0, 0.05) is 39.3 Å². The van der Waals surface area contributed by atoms with E-state index in [0.717, 1.165) is 50.9 Å². The zero-order chi connectivity index (χ0) is 19.3. The molecule has 0 unspecified atom stereocenters. The van der Waals surface area contributed by atoms with E-state index in [4.69, 9.17) is 0 Å². The maximum absolute atomic E-state index is 12.6. The number of carbonyl (C=O) groups excluding carboxylic acids is 1. The van der Waals surface area contributed by atoms with E-state index in [1.807, 2.05) is 17.2 Å². The first-order valence-electron chi connectivity index (χ1n) is 10.4. The molecule has 2 aliphatic heterocycles. The maximum Gasteiger partial charge on any atom is 0.272 e. The van der Waals surface area contributed by atoms with Crippen LogP contribution in [-0.4, -0.2) is 67.0 Å². The molecule has 0 atom stereocenters. The zero-order valence-corrected chi connectivity index (χ0v) is 16.8. The molecule has 28 heavy (non-hydrogen) atoms. The Morgan fingerprint density at radius 1 is 0.964 bits per heavy atom. The first kappa shape index (κ1) is 18.9. The summed E-state index contributed by atoms with van der Waals surface area (Å²) in [6.45, 7) is 5.56. The number of benzene rings is 1. The summed E-state index contributed by atoms with van der Waals surface area (Å²) in [6, 6.07) is 14.7. The molecule has 0 spiro atoms. The van der Waals surface area contributed by atoms with Gasteiger partial charge in [-0.2, -0.15) is 0 Å². The Bertz CT molecular complexity index is 761. The quantitative estimate of drug-likeness (QED) is 0.820. The van der Waals surface area contributed by atoms with Crippen LogP contribution >= 0.6 is 0 Å². The maximum atomic E-state index is 12.6. The van der Waals surface area contributed by atoms with E-state index < -0.39 is 0 Å². The predicted molar refractivity (Wildman–Crippen MR) is 113 cm³/mol. The van der Waals surface area contributed by atoms with Crippen LogP contribution in [0.25, 0.3) is 0 Å². The molecule has 5 nitrogen and oxygen atoms in total. The zero-order valence-electron chi connectivity index (χ0n) is 16.8. The van der Waals surface area contributed by atoms with E-state index in [2.05, 4.69) is 58.2 Å². The molecular weight excluding hydrogens is 348 g/mol. The number of aromatic nitrogens is 1. The number of pyridine rings is 1. The molecule has 148 valence electrons. The number of piperidine rings is 1. The number of hydrogen-bond donors (Lipinski definition) is 0. The van der Waals surface area contributed by atoms with Gasteiger partial charge in [0.25, 0.3) is 5.91 Å². The van der Waals surface area contributed by atoms with E-state index in [1.54, 1.807) is 0 Å². The molecule has 0 saturated carbocycles. The van der Waals surface area contributed by atoms with Crippen molar-refractivity contribution in [3.63, 3.8) is 0 Å². The topological polar surface area (TPSA) is 39.7 Å². The minimum Gasteiger partial charge on any atom is -0.370 e. The van der Waals surface area contributed by atoms with Gasteiger partial charge in [0.2, 0.25) is 0 Å². The van der Waals surface area contributed by atoms with Gasteiger partial charge < -0.3 is 14.7 Å². The Hall–Kier alpha value is -2.40. The van der Waals surface area contributed by atoms with Crippen LogP contribution in [-0.2, 0) is 6.42 Å². The summed E-state index contributed by atoms with van der Waals surface area (Å²) in [5, 5.41) is 0. The highest BCUT2D eigenvalue weighted by atomic mass is 16.2. The van der Waals surface area contributed by atoms with Gasteiger partial charge >= 0.3 is 0 Å². The van der Waals surface area contributed by atoms with Crippen molar-refractivity contribution in [2.45, 2.75) is 19.3 Å². The summed E-state index contributed by atoms with van der Waals surface area (Å²) in [5.74, 6) is 0.811. The Morgan fingerprint density at radius 3 is 2.32 bits per heavy atom. The second-order valence-electron chi connectivity index (χ2n) is 8.12. The minimum absolute atomic E-state index is 0.0567. The molecule has 1 aromatic heterocycles. The van der Waals surface area contributed by atoms with Crippen molar-refractivity contribution in [2.75, 3.05) is 51.2 Å². The molecule has 2 aliphatic rings. The smallest absolute Gasteiger partial charge is 0.272 e. The molecule has 0 N–H and O–H groups in total. The molecule has 1 amide bonds. The normalized spacial score (nSPS) is 19.0. The molecule has 0 bridgehead atoms. The lowest BCUT2D eigenvalue weighted by molar-refractivity contribution is 0.0658.